The summed E-state index contributed by atoms with van der Waals surface area (Å²) in [4.78, 5) is 12.1. The Morgan fingerprint density at radius 3 is 2.29 bits per heavy atom. The minimum absolute atomic E-state index is 0.0900. The van der Waals surface area contributed by atoms with Gasteiger partial charge in [-0.2, -0.15) is 0 Å². The molecule has 3 rings (SSSR count). The van der Waals surface area contributed by atoms with Crippen LogP contribution in [0, 0.1) is 11.6 Å². The number of hydrogen-bond donors (Lipinski definition) is 2. The number of benzene rings is 3. The topological polar surface area (TPSA) is 75.3 Å². The minimum atomic E-state index is -3.90. The molecule has 3 aromatic rings. The van der Waals surface area contributed by atoms with Crippen molar-refractivity contribution in [2.75, 3.05) is 10.0 Å². The Balaban J connectivity index is 1.81. The van der Waals surface area contributed by atoms with Crippen molar-refractivity contribution >= 4 is 43.2 Å². The van der Waals surface area contributed by atoms with Gasteiger partial charge >= 0.3 is 0 Å². The van der Waals surface area contributed by atoms with E-state index in [0.29, 0.717) is 11.8 Å². The van der Waals surface area contributed by atoms with E-state index in [1.54, 1.807) is 24.3 Å². The fourth-order valence-corrected chi connectivity index (χ4v) is 3.71. The molecule has 0 fully saturated rings. The molecule has 2 N–H and O–H groups in total. The molecule has 1 amide bonds. The maximum atomic E-state index is 13.7. The second kappa shape index (κ2) is 8.07. The van der Waals surface area contributed by atoms with Crippen LogP contribution in [0.25, 0.3) is 0 Å². The summed E-state index contributed by atoms with van der Waals surface area (Å²) in [5, 5.41) is 2.40. The van der Waals surface area contributed by atoms with E-state index in [4.69, 9.17) is 0 Å². The normalized spacial score (nSPS) is 11.1. The maximum absolute atomic E-state index is 13.7. The van der Waals surface area contributed by atoms with Crippen molar-refractivity contribution in [1.29, 1.82) is 0 Å². The molecule has 0 radical (unpaired) electrons. The van der Waals surface area contributed by atoms with Crippen molar-refractivity contribution in [3.8, 4) is 0 Å². The molecule has 0 unspecified atom stereocenters. The monoisotopic (exact) mass is 466 g/mol. The van der Waals surface area contributed by atoms with Gasteiger partial charge in [0.1, 0.15) is 11.6 Å². The summed E-state index contributed by atoms with van der Waals surface area (Å²) in [6.07, 6.45) is 0. The lowest BCUT2D eigenvalue weighted by Gasteiger charge is -2.11. The highest BCUT2D eigenvalue weighted by Gasteiger charge is 2.17. The molecule has 0 bridgehead atoms. The summed E-state index contributed by atoms with van der Waals surface area (Å²) in [7, 11) is -3.90. The average Bonchev–Trinajstić information content (AvgIpc) is 2.63. The van der Waals surface area contributed by atoms with Gasteiger partial charge in [0.05, 0.1) is 10.5 Å². The molecule has 5 nitrogen and oxygen atoms in total. The van der Waals surface area contributed by atoms with Crippen LogP contribution < -0.4 is 10.0 Å². The lowest BCUT2D eigenvalue weighted by molar-refractivity contribution is 0.102. The predicted octanol–water partition coefficient (Wildman–Crippen LogP) is 4.78. The van der Waals surface area contributed by atoms with Gasteiger partial charge in [-0.1, -0.05) is 22.0 Å². The quantitative estimate of drug-likeness (QED) is 0.567. The van der Waals surface area contributed by atoms with Gasteiger partial charge in [-0.05, 0) is 54.6 Å². The van der Waals surface area contributed by atoms with E-state index in [1.165, 1.54) is 24.3 Å². The average molecular weight is 467 g/mol. The number of sulfonamides is 1. The number of hydrogen-bond acceptors (Lipinski definition) is 3. The van der Waals surface area contributed by atoms with E-state index in [0.717, 1.165) is 16.6 Å². The van der Waals surface area contributed by atoms with Gasteiger partial charge in [0.2, 0.25) is 0 Å². The van der Waals surface area contributed by atoms with Crippen LogP contribution in [0.2, 0.25) is 0 Å². The number of anilines is 2. The lowest BCUT2D eigenvalue weighted by Crippen LogP contribution is -2.16. The number of amides is 1. The van der Waals surface area contributed by atoms with E-state index in [1.807, 2.05) is 0 Å². The Hall–Kier alpha value is -2.78. The third kappa shape index (κ3) is 4.73. The summed E-state index contributed by atoms with van der Waals surface area (Å²) >= 11 is 3.27. The van der Waals surface area contributed by atoms with Crippen LogP contribution in [0.1, 0.15) is 10.4 Å². The van der Waals surface area contributed by atoms with Crippen LogP contribution in [-0.4, -0.2) is 14.3 Å². The van der Waals surface area contributed by atoms with Crippen molar-refractivity contribution in [2.45, 2.75) is 4.90 Å². The van der Waals surface area contributed by atoms with Crippen LogP contribution in [0.4, 0.5) is 20.2 Å². The van der Waals surface area contributed by atoms with E-state index in [9.17, 15) is 22.0 Å². The van der Waals surface area contributed by atoms with Crippen LogP contribution >= 0.6 is 15.9 Å². The van der Waals surface area contributed by atoms with Gasteiger partial charge in [-0.15, -0.1) is 0 Å². The molecule has 0 heterocycles. The minimum Gasteiger partial charge on any atom is -0.322 e. The van der Waals surface area contributed by atoms with E-state index >= 15 is 0 Å². The Morgan fingerprint density at radius 1 is 0.893 bits per heavy atom. The Morgan fingerprint density at radius 2 is 1.61 bits per heavy atom. The molecule has 3 aromatic carbocycles. The SMILES string of the molecule is O=C(Nc1cccc(S(=O)(=O)Nc2ccc(Br)cc2)c1)c1ccc(F)cc1F. The fraction of sp³-hybridized carbons (Fsp3) is 0. The second-order valence-electron chi connectivity index (χ2n) is 5.72. The van der Waals surface area contributed by atoms with Crippen LogP contribution in [-0.2, 0) is 10.0 Å². The first-order chi connectivity index (χ1) is 13.2. The zero-order valence-corrected chi connectivity index (χ0v) is 16.5. The molecule has 9 heteroatoms. The molecule has 0 aliphatic rings. The number of carbonyl (C=O) groups is 1. The van der Waals surface area contributed by atoms with Crippen molar-refractivity contribution in [1.82, 2.24) is 0 Å². The zero-order valence-electron chi connectivity index (χ0n) is 14.1. The van der Waals surface area contributed by atoms with Gasteiger partial charge < -0.3 is 5.32 Å². The van der Waals surface area contributed by atoms with Crippen LogP contribution in [0.3, 0.4) is 0 Å². The molecule has 0 spiro atoms. The van der Waals surface area contributed by atoms with Gasteiger partial charge in [0.15, 0.2) is 0 Å². The molecule has 144 valence electrons. The van der Waals surface area contributed by atoms with Crippen molar-refractivity contribution in [2.24, 2.45) is 0 Å². The molecular weight excluding hydrogens is 454 g/mol. The summed E-state index contributed by atoms with van der Waals surface area (Å²) < 4.78 is 55.0. The molecule has 0 aromatic heterocycles. The highest BCUT2D eigenvalue weighted by Crippen LogP contribution is 2.21. The summed E-state index contributed by atoms with van der Waals surface area (Å²) in [6, 6.07) is 14.6. The van der Waals surface area contributed by atoms with Crippen LogP contribution in [0.5, 0.6) is 0 Å². The summed E-state index contributed by atoms with van der Waals surface area (Å²) in [5.41, 5.74) is 0.154. The zero-order chi connectivity index (χ0) is 20.3. The molecule has 0 atom stereocenters. The van der Waals surface area contributed by atoms with Gasteiger partial charge in [-0.3, -0.25) is 9.52 Å². The van der Waals surface area contributed by atoms with Gasteiger partial charge in [0.25, 0.3) is 15.9 Å². The van der Waals surface area contributed by atoms with Crippen molar-refractivity contribution in [3.63, 3.8) is 0 Å². The number of nitrogens with one attached hydrogen (secondary N) is 2. The number of carbonyl (C=O) groups excluding carboxylic acids is 1. The highest BCUT2D eigenvalue weighted by atomic mass is 79.9. The van der Waals surface area contributed by atoms with Crippen LogP contribution in [0.15, 0.2) is 76.1 Å². The molecule has 0 saturated heterocycles. The summed E-state index contributed by atoms with van der Waals surface area (Å²) in [5.74, 6) is -2.65. The maximum Gasteiger partial charge on any atom is 0.261 e. The Kier molecular flexibility index (Phi) is 5.76. The van der Waals surface area contributed by atoms with Gasteiger partial charge in [0, 0.05) is 21.9 Å². The second-order valence-corrected chi connectivity index (χ2v) is 8.32. The van der Waals surface area contributed by atoms with E-state index in [-0.39, 0.29) is 16.1 Å². The molecule has 0 aliphatic carbocycles. The first-order valence-corrected chi connectivity index (χ1v) is 10.2. The largest absolute Gasteiger partial charge is 0.322 e. The first-order valence-electron chi connectivity index (χ1n) is 7.89. The van der Waals surface area contributed by atoms with Gasteiger partial charge in [-0.25, -0.2) is 17.2 Å². The smallest absolute Gasteiger partial charge is 0.261 e. The molecule has 0 aliphatic heterocycles. The third-order valence-corrected chi connectivity index (χ3v) is 5.58. The fourth-order valence-electron chi connectivity index (χ4n) is 2.35. The Labute approximate surface area is 168 Å². The Bertz CT molecular complexity index is 1140. The predicted molar refractivity (Wildman–Crippen MR) is 106 cm³/mol. The van der Waals surface area contributed by atoms with E-state index in [2.05, 4.69) is 26.0 Å². The highest BCUT2D eigenvalue weighted by molar-refractivity contribution is 9.10. The number of halogens is 3. The van der Waals surface area contributed by atoms with Crippen molar-refractivity contribution in [3.05, 3.63) is 88.4 Å². The van der Waals surface area contributed by atoms with Crippen molar-refractivity contribution < 1.29 is 22.0 Å². The van der Waals surface area contributed by atoms with E-state index < -0.39 is 27.6 Å². The number of rotatable bonds is 5. The third-order valence-electron chi connectivity index (χ3n) is 3.67. The molecule has 0 saturated carbocycles. The first kappa shape index (κ1) is 20.0. The molecular formula is C19H13BrF2N2O3S. The summed E-state index contributed by atoms with van der Waals surface area (Å²) in [6.45, 7) is 0. The lowest BCUT2D eigenvalue weighted by atomic mass is 10.2. The standard InChI is InChI=1S/C19H13BrF2N2O3S/c20-12-4-7-14(8-5-12)24-28(26,27)16-3-1-2-15(11-16)23-19(25)17-9-6-13(21)10-18(17)22/h1-11,24H,(H,23,25). The molecule has 28 heavy (non-hydrogen) atoms.